The van der Waals surface area contributed by atoms with Gasteiger partial charge in [0, 0.05) is 30.1 Å². The second-order valence-electron chi connectivity index (χ2n) is 7.50. The van der Waals surface area contributed by atoms with Crippen molar-refractivity contribution in [2.45, 2.75) is 18.9 Å². The van der Waals surface area contributed by atoms with E-state index in [1.807, 2.05) is 25.2 Å². The minimum absolute atomic E-state index is 0.0518. The first-order valence-electron chi connectivity index (χ1n) is 9.87. The van der Waals surface area contributed by atoms with E-state index in [1.54, 1.807) is 18.2 Å². The Morgan fingerprint density at radius 1 is 1.33 bits per heavy atom. The number of carbonyl (C=O) groups is 1. The summed E-state index contributed by atoms with van der Waals surface area (Å²) in [5.41, 5.74) is 4.35. The van der Waals surface area contributed by atoms with Crippen LogP contribution in [0.15, 0.2) is 47.0 Å². The fourth-order valence-corrected chi connectivity index (χ4v) is 4.35. The Bertz CT molecular complexity index is 1100. The fraction of sp³-hybridized carbons (Fsp3) is 0.304. The highest BCUT2D eigenvalue weighted by Crippen LogP contribution is 2.44. The molecule has 1 aliphatic rings. The van der Waals surface area contributed by atoms with Crippen LogP contribution in [0.4, 0.5) is 0 Å². The molecule has 152 valence electrons. The Labute approximate surface area is 174 Å². The highest BCUT2D eigenvalue weighted by Gasteiger charge is 2.36. The molecule has 0 radical (unpaired) electrons. The zero-order chi connectivity index (χ0) is 21.1. The van der Waals surface area contributed by atoms with E-state index in [0.29, 0.717) is 35.8 Å². The van der Waals surface area contributed by atoms with Crippen LogP contribution >= 0.6 is 0 Å². The minimum atomic E-state index is 0.0518. The Morgan fingerprint density at radius 2 is 2.17 bits per heavy atom. The van der Waals surface area contributed by atoms with Gasteiger partial charge in [-0.25, -0.2) is 0 Å². The van der Waals surface area contributed by atoms with Crippen molar-refractivity contribution in [2.24, 2.45) is 5.92 Å². The molecule has 0 spiro atoms. The molecule has 2 atom stereocenters. The molecule has 7 nitrogen and oxygen atoms in total. The van der Waals surface area contributed by atoms with Gasteiger partial charge in [0.1, 0.15) is 6.29 Å². The Balaban J connectivity index is 1.72. The van der Waals surface area contributed by atoms with Crippen molar-refractivity contribution >= 4 is 6.29 Å². The van der Waals surface area contributed by atoms with E-state index in [9.17, 15) is 9.90 Å². The number of nitriles is 1. The highest BCUT2D eigenvalue weighted by atomic mass is 16.5. The number of likely N-dealkylation sites (N-methyl/N-ethyl adjacent to an activating group) is 1. The van der Waals surface area contributed by atoms with E-state index in [1.165, 1.54) is 0 Å². The number of benzene rings is 2. The number of aldehydes is 1. The van der Waals surface area contributed by atoms with Crippen molar-refractivity contribution in [2.75, 3.05) is 20.2 Å². The van der Waals surface area contributed by atoms with E-state index in [0.717, 1.165) is 29.4 Å². The third-order valence-electron chi connectivity index (χ3n) is 5.68. The van der Waals surface area contributed by atoms with Crippen molar-refractivity contribution in [3.63, 3.8) is 0 Å². The molecule has 0 amide bonds. The summed E-state index contributed by atoms with van der Waals surface area (Å²) in [5, 5.41) is 22.7. The smallest absolute Gasteiger partial charge is 0.258 e. The van der Waals surface area contributed by atoms with E-state index in [-0.39, 0.29) is 18.6 Å². The van der Waals surface area contributed by atoms with Crippen LogP contribution < -0.4 is 0 Å². The summed E-state index contributed by atoms with van der Waals surface area (Å²) in [5.74, 6) is 0.976. The van der Waals surface area contributed by atoms with Gasteiger partial charge in [0.2, 0.25) is 5.82 Å². The number of rotatable bonds is 7. The SMILES string of the molecule is CN(CCO)C1c2cccc(-c3noc(-c4cccc(C#N)c4)n3)c2CC1CC=O. The lowest BCUT2D eigenvalue weighted by Gasteiger charge is -2.29. The van der Waals surface area contributed by atoms with Crippen LogP contribution in [0, 0.1) is 17.2 Å². The van der Waals surface area contributed by atoms with Gasteiger partial charge in [0.25, 0.3) is 5.89 Å². The summed E-state index contributed by atoms with van der Waals surface area (Å²) in [4.78, 5) is 17.9. The van der Waals surface area contributed by atoms with Crippen LogP contribution in [0.25, 0.3) is 22.8 Å². The third-order valence-corrected chi connectivity index (χ3v) is 5.68. The van der Waals surface area contributed by atoms with Crippen molar-refractivity contribution in [1.82, 2.24) is 15.0 Å². The molecule has 1 aromatic heterocycles. The van der Waals surface area contributed by atoms with Gasteiger partial charge in [-0.3, -0.25) is 4.90 Å². The predicted molar refractivity (Wildman–Crippen MR) is 110 cm³/mol. The van der Waals surface area contributed by atoms with Crippen LogP contribution in [-0.2, 0) is 11.2 Å². The lowest BCUT2D eigenvalue weighted by molar-refractivity contribution is -0.109. The van der Waals surface area contributed by atoms with Gasteiger partial charge in [-0.2, -0.15) is 10.2 Å². The molecule has 0 aliphatic heterocycles. The quantitative estimate of drug-likeness (QED) is 0.606. The normalized spacial score (nSPS) is 17.7. The molecular weight excluding hydrogens is 380 g/mol. The predicted octanol–water partition coefficient (Wildman–Crippen LogP) is 3.00. The largest absolute Gasteiger partial charge is 0.395 e. The molecular formula is C23H22N4O3. The number of aliphatic hydroxyl groups is 1. The van der Waals surface area contributed by atoms with Gasteiger partial charge < -0.3 is 14.4 Å². The molecule has 0 fully saturated rings. The zero-order valence-corrected chi connectivity index (χ0v) is 16.7. The van der Waals surface area contributed by atoms with E-state index in [2.05, 4.69) is 27.2 Å². The number of aromatic nitrogens is 2. The maximum Gasteiger partial charge on any atom is 0.258 e. The van der Waals surface area contributed by atoms with E-state index >= 15 is 0 Å². The van der Waals surface area contributed by atoms with Crippen LogP contribution in [0.5, 0.6) is 0 Å². The first-order valence-corrected chi connectivity index (χ1v) is 9.87. The molecule has 1 N–H and O–H groups in total. The summed E-state index contributed by atoms with van der Waals surface area (Å²) < 4.78 is 5.48. The van der Waals surface area contributed by atoms with Crippen molar-refractivity contribution < 1.29 is 14.4 Å². The first-order chi connectivity index (χ1) is 14.7. The van der Waals surface area contributed by atoms with E-state index < -0.39 is 0 Å². The van der Waals surface area contributed by atoms with Gasteiger partial charge in [-0.1, -0.05) is 29.4 Å². The van der Waals surface area contributed by atoms with Crippen LogP contribution in [0.2, 0.25) is 0 Å². The highest BCUT2D eigenvalue weighted by molar-refractivity contribution is 5.67. The van der Waals surface area contributed by atoms with Crippen LogP contribution in [0.1, 0.15) is 29.2 Å². The Hall–Kier alpha value is -3.34. The second-order valence-corrected chi connectivity index (χ2v) is 7.50. The third kappa shape index (κ3) is 3.63. The molecule has 2 aromatic carbocycles. The number of fused-ring (bicyclic) bond motifs is 1. The van der Waals surface area contributed by atoms with Crippen LogP contribution in [0.3, 0.4) is 0 Å². The molecule has 30 heavy (non-hydrogen) atoms. The number of nitrogens with zero attached hydrogens (tertiary/aromatic N) is 4. The number of hydrogen-bond acceptors (Lipinski definition) is 7. The average Bonchev–Trinajstić information content (AvgIpc) is 3.39. The van der Waals surface area contributed by atoms with Crippen LogP contribution in [-0.4, -0.2) is 46.6 Å². The standard InChI is InChI=1S/C23H22N4O3/c1-27(9-11-29)21-16(8-10-28)13-20-18(21)6-3-7-19(20)22-25-23(30-26-22)17-5-2-4-15(12-17)14-24/h2-7,10,12,16,21,29H,8-9,11,13H2,1H3. The summed E-state index contributed by atoms with van der Waals surface area (Å²) in [6.45, 7) is 0.594. The minimum Gasteiger partial charge on any atom is -0.395 e. The van der Waals surface area contributed by atoms with Crippen molar-refractivity contribution in [3.05, 3.63) is 59.2 Å². The monoisotopic (exact) mass is 402 g/mol. The summed E-state index contributed by atoms with van der Waals surface area (Å²) in [6, 6.07) is 15.2. The molecule has 0 bridgehead atoms. The number of carbonyl (C=O) groups excluding carboxylic acids is 1. The lowest BCUT2D eigenvalue weighted by Crippen LogP contribution is -2.30. The van der Waals surface area contributed by atoms with Crippen molar-refractivity contribution in [1.29, 1.82) is 5.26 Å². The average molecular weight is 402 g/mol. The lowest BCUT2D eigenvalue weighted by atomic mass is 9.96. The summed E-state index contributed by atoms with van der Waals surface area (Å²) in [6.07, 6.45) is 2.15. The molecule has 0 saturated carbocycles. The van der Waals surface area contributed by atoms with Gasteiger partial charge in [0.15, 0.2) is 0 Å². The maximum atomic E-state index is 11.3. The van der Waals surface area contributed by atoms with Gasteiger partial charge >= 0.3 is 0 Å². The molecule has 4 rings (SSSR count). The second kappa shape index (κ2) is 8.57. The summed E-state index contributed by atoms with van der Waals surface area (Å²) >= 11 is 0. The zero-order valence-electron chi connectivity index (χ0n) is 16.7. The van der Waals surface area contributed by atoms with Gasteiger partial charge in [-0.05, 0) is 48.7 Å². The van der Waals surface area contributed by atoms with Crippen molar-refractivity contribution in [3.8, 4) is 28.9 Å². The van der Waals surface area contributed by atoms with Gasteiger partial charge in [-0.15, -0.1) is 0 Å². The van der Waals surface area contributed by atoms with E-state index in [4.69, 9.17) is 9.78 Å². The summed E-state index contributed by atoms with van der Waals surface area (Å²) in [7, 11) is 1.97. The van der Waals surface area contributed by atoms with Gasteiger partial charge in [0.05, 0.1) is 18.2 Å². The first kappa shape index (κ1) is 20.0. The molecule has 0 saturated heterocycles. The topological polar surface area (TPSA) is 103 Å². The number of aliphatic hydroxyl groups excluding tert-OH is 1. The molecule has 1 aliphatic carbocycles. The number of hydrogen-bond donors (Lipinski definition) is 1. The molecule has 3 aromatic rings. The molecule has 7 heteroatoms. The fourth-order valence-electron chi connectivity index (χ4n) is 4.35. The molecule has 1 heterocycles. The maximum absolute atomic E-state index is 11.3. The Morgan fingerprint density at radius 3 is 2.93 bits per heavy atom. The Kier molecular flexibility index (Phi) is 5.70. The molecule has 2 unspecified atom stereocenters.